The normalized spacial score (nSPS) is 11.6. The fourth-order valence-corrected chi connectivity index (χ4v) is 2.31. The van der Waals surface area contributed by atoms with Crippen LogP contribution in [0.5, 0.6) is 0 Å². The zero-order valence-corrected chi connectivity index (χ0v) is 14.9. The molecule has 7 heteroatoms. The fraction of sp³-hybridized carbons (Fsp3) is 0.933. The van der Waals surface area contributed by atoms with E-state index in [0.717, 1.165) is 38.5 Å². The summed E-state index contributed by atoms with van der Waals surface area (Å²) in [5.41, 5.74) is 0. The molecule has 0 spiro atoms. The average Bonchev–Trinajstić information content (AvgIpc) is 2.46. The molecular formula is C15H27F3O2S2. The van der Waals surface area contributed by atoms with Gasteiger partial charge in [0.25, 0.3) is 0 Å². The molecule has 0 saturated carbocycles. The van der Waals surface area contributed by atoms with Gasteiger partial charge in [0.05, 0.1) is 13.2 Å². The van der Waals surface area contributed by atoms with Crippen LogP contribution in [0.15, 0.2) is 0 Å². The standard InChI is InChI=1S/C15H27F3O2S2/c1-22-14(21)19-12-10-8-6-4-2-3-5-7-9-11-13-20-15(16,17)18/h2-13H2,1H3. The first-order valence-electron chi connectivity index (χ1n) is 7.87. The first-order valence-corrected chi connectivity index (χ1v) is 9.50. The molecule has 0 fully saturated rings. The molecule has 0 bridgehead atoms. The number of hydrogen-bond donors (Lipinski definition) is 0. The van der Waals surface area contributed by atoms with Crippen LogP contribution < -0.4 is 0 Å². The minimum Gasteiger partial charge on any atom is -0.479 e. The van der Waals surface area contributed by atoms with E-state index in [0.29, 0.717) is 17.4 Å². The minimum absolute atomic E-state index is 0.217. The van der Waals surface area contributed by atoms with Crippen molar-refractivity contribution in [2.24, 2.45) is 0 Å². The van der Waals surface area contributed by atoms with Crippen molar-refractivity contribution in [3.63, 3.8) is 0 Å². The number of unbranched alkanes of at least 4 members (excludes halogenated alkanes) is 9. The van der Waals surface area contributed by atoms with Crippen molar-refractivity contribution in [3.8, 4) is 0 Å². The second-order valence-electron chi connectivity index (χ2n) is 5.13. The van der Waals surface area contributed by atoms with E-state index in [4.69, 9.17) is 17.0 Å². The highest BCUT2D eigenvalue weighted by Crippen LogP contribution is 2.17. The molecule has 0 saturated heterocycles. The van der Waals surface area contributed by atoms with Gasteiger partial charge in [-0.1, -0.05) is 63.1 Å². The van der Waals surface area contributed by atoms with Crippen molar-refractivity contribution in [2.75, 3.05) is 19.5 Å². The molecule has 0 heterocycles. The van der Waals surface area contributed by atoms with E-state index in [2.05, 4.69) is 4.74 Å². The van der Waals surface area contributed by atoms with Gasteiger partial charge in [-0.25, -0.2) is 0 Å². The Morgan fingerprint density at radius 2 is 1.23 bits per heavy atom. The van der Waals surface area contributed by atoms with Gasteiger partial charge in [-0.3, -0.25) is 4.74 Å². The number of rotatable bonds is 13. The van der Waals surface area contributed by atoms with Crippen molar-refractivity contribution in [3.05, 3.63) is 0 Å². The van der Waals surface area contributed by atoms with Gasteiger partial charge in [0.15, 0.2) is 0 Å². The quantitative estimate of drug-likeness (QED) is 0.292. The molecule has 0 aromatic carbocycles. The third-order valence-electron chi connectivity index (χ3n) is 3.19. The molecule has 0 aromatic rings. The first-order chi connectivity index (χ1) is 10.5. The van der Waals surface area contributed by atoms with Gasteiger partial charge in [0.1, 0.15) is 0 Å². The molecule has 0 aliphatic carbocycles. The van der Waals surface area contributed by atoms with Gasteiger partial charge in [-0.05, 0) is 31.3 Å². The average molecular weight is 361 g/mol. The third-order valence-corrected chi connectivity index (χ3v) is 4.26. The maximum atomic E-state index is 11.7. The topological polar surface area (TPSA) is 18.5 Å². The highest BCUT2D eigenvalue weighted by Gasteiger charge is 2.28. The monoisotopic (exact) mass is 360 g/mol. The molecule has 0 rings (SSSR count). The molecule has 22 heavy (non-hydrogen) atoms. The molecule has 0 aromatic heterocycles. The van der Waals surface area contributed by atoms with Gasteiger partial charge in [0.2, 0.25) is 4.38 Å². The van der Waals surface area contributed by atoms with Crippen LogP contribution in [0.1, 0.15) is 64.2 Å². The summed E-state index contributed by atoms with van der Waals surface area (Å²) in [7, 11) is 0. The molecule has 0 atom stereocenters. The highest BCUT2D eigenvalue weighted by atomic mass is 32.2. The predicted molar refractivity (Wildman–Crippen MR) is 90.2 cm³/mol. The van der Waals surface area contributed by atoms with Crippen molar-refractivity contribution in [2.45, 2.75) is 70.6 Å². The summed E-state index contributed by atoms with van der Waals surface area (Å²) < 4.78 is 44.8. The molecule has 0 N–H and O–H groups in total. The largest absolute Gasteiger partial charge is 0.522 e. The van der Waals surface area contributed by atoms with Gasteiger partial charge in [-0.15, -0.1) is 13.2 Å². The summed E-state index contributed by atoms with van der Waals surface area (Å²) in [6.45, 7) is 0.491. The Balaban J connectivity index is 3.07. The maximum absolute atomic E-state index is 11.7. The summed E-state index contributed by atoms with van der Waals surface area (Å²) in [6, 6.07) is 0. The lowest BCUT2D eigenvalue weighted by atomic mass is 10.1. The molecular weight excluding hydrogens is 333 g/mol. The van der Waals surface area contributed by atoms with Gasteiger partial charge < -0.3 is 4.74 Å². The second kappa shape index (κ2) is 14.6. The number of alkyl halides is 3. The zero-order chi connectivity index (χ0) is 16.7. The molecule has 0 unspecified atom stereocenters. The first kappa shape index (κ1) is 22.0. The van der Waals surface area contributed by atoms with E-state index in [1.165, 1.54) is 31.0 Å². The fourth-order valence-electron chi connectivity index (χ4n) is 2.02. The van der Waals surface area contributed by atoms with Crippen LogP contribution in [0, 0.1) is 0 Å². The van der Waals surface area contributed by atoms with E-state index in [9.17, 15) is 13.2 Å². The highest BCUT2D eigenvalue weighted by molar-refractivity contribution is 8.22. The van der Waals surface area contributed by atoms with Crippen molar-refractivity contribution >= 4 is 28.4 Å². The molecule has 0 aliphatic heterocycles. The van der Waals surface area contributed by atoms with E-state index in [-0.39, 0.29) is 6.61 Å². The summed E-state index contributed by atoms with van der Waals surface area (Å²) >= 11 is 6.39. The molecule has 0 amide bonds. The van der Waals surface area contributed by atoms with E-state index >= 15 is 0 Å². The number of thiocarbonyl (C=S) groups is 1. The van der Waals surface area contributed by atoms with Crippen molar-refractivity contribution in [1.82, 2.24) is 0 Å². The minimum atomic E-state index is -4.48. The Bertz CT molecular complexity index is 274. The van der Waals surface area contributed by atoms with Crippen LogP contribution >= 0.6 is 24.0 Å². The van der Waals surface area contributed by atoms with Crippen LogP contribution in [0.4, 0.5) is 13.2 Å². The second-order valence-corrected chi connectivity index (χ2v) is 6.54. The van der Waals surface area contributed by atoms with Gasteiger partial charge in [0, 0.05) is 0 Å². The van der Waals surface area contributed by atoms with Crippen LogP contribution in [0.2, 0.25) is 0 Å². The smallest absolute Gasteiger partial charge is 0.479 e. The Kier molecular flexibility index (Phi) is 14.6. The molecule has 132 valence electrons. The van der Waals surface area contributed by atoms with Crippen molar-refractivity contribution < 1.29 is 22.6 Å². The number of halogens is 3. The van der Waals surface area contributed by atoms with Crippen molar-refractivity contribution in [1.29, 1.82) is 0 Å². The summed E-state index contributed by atoms with van der Waals surface area (Å²) in [6.07, 6.45) is 7.77. The zero-order valence-electron chi connectivity index (χ0n) is 13.3. The molecule has 0 radical (unpaired) electrons. The molecule has 0 aliphatic rings. The van der Waals surface area contributed by atoms with Crippen LogP contribution in [-0.4, -0.2) is 30.2 Å². The third kappa shape index (κ3) is 18.0. The lowest BCUT2D eigenvalue weighted by Crippen LogP contribution is -2.13. The van der Waals surface area contributed by atoms with Crippen LogP contribution in [-0.2, 0) is 9.47 Å². The van der Waals surface area contributed by atoms with E-state index in [1.54, 1.807) is 0 Å². The summed E-state index contributed by atoms with van der Waals surface area (Å²) in [5, 5.41) is 0. The Morgan fingerprint density at radius 1 is 0.818 bits per heavy atom. The Morgan fingerprint density at radius 3 is 1.64 bits per heavy atom. The van der Waals surface area contributed by atoms with Gasteiger partial charge >= 0.3 is 6.36 Å². The SMILES string of the molecule is CSC(=S)OCCCCCCCCCCCCOC(F)(F)F. The number of hydrogen-bond acceptors (Lipinski definition) is 4. The van der Waals surface area contributed by atoms with E-state index in [1.807, 2.05) is 6.26 Å². The van der Waals surface area contributed by atoms with E-state index < -0.39 is 6.36 Å². The summed E-state index contributed by atoms with van der Waals surface area (Å²) in [5.74, 6) is 0. The lowest BCUT2D eigenvalue weighted by molar-refractivity contribution is -0.324. The predicted octanol–water partition coefficient (Wildman–Crippen LogP) is 6.09. The van der Waals surface area contributed by atoms with Crippen LogP contribution in [0.25, 0.3) is 0 Å². The number of ether oxygens (including phenoxy) is 2. The maximum Gasteiger partial charge on any atom is 0.522 e. The number of thioether (sulfide) groups is 1. The lowest BCUT2D eigenvalue weighted by Gasteiger charge is -2.07. The van der Waals surface area contributed by atoms with Gasteiger partial charge in [-0.2, -0.15) is 0 Å². The summed E-state index contributed by atoms with van der Waals surface area (Å²) in [4.78, 5) is 0. The van der Waals surface area contributed by atoms with Crippen LogP contribution in [0.3, 0.4) is 0 Å². The molecule has 2 nitrogen and oxygen atoms in total. The Labute approximate surface area is 141 Å². The Hall–Kier alpha value is -0.0100.